The molecule has 1 saturated heterocycles. The highest BCUT2D eigenvalue weighted by Gasteiger charge is 2.37. The molecule has 12 aromatic heterocycles. The molecule has 3 fully saturated rings. The van der Waals surface area contributed by atoms with Crippen LogP contribution in [0.1, 0.15) is 86.5 Å². The van der Waals surface area contributed by atoms with Crippen LogP contribution in [0.2, 0.25) is 20.1 Å². The Hall–Kier alpha value is -13.2. The number of nitrogens with two attached hydrogens (primary N) is 4. The number of rotatable bonds is 15. The van der Waals surface area contributed by atoms with E-state index in [0.717, 1.165) is 66.7 Å². The molecule has 16 aromatic rings. The Bertz CT molecular complexity index is 6830. The molecule has 4 amide bonds. The van der Waals surface area contributed by atoms with Gasteiger partial charge in [-0.3, -0.25) is 19.2 Å². The molecule has 1 unspecified atom stereocenters. The summed E-state index contributed by atoms with van der Waals surface area (Å²) in [5.41, 5.74) is 30.9. The number of halogens is 13. The largest absolute Gasteiger partial charge is 0.408 e. The van der Waals surface area contributed by atoms with E-state index in [4.69, 9.17) is 79.2 Å². The Morgan fingerprint density at radius 3 is 1.04 bits per heavy atom. The van der Waals surface area contributed by atoms with Crippen molar-refractivity contribution in [2.24, 2.45) is 0 Å². The third-order valence-electron chi connectivity index (χ3n) is 19.8. The predicted molar refractivity (Wildman–Crippen MR) is 433 cm³/mol. The standard InChI is InChI=1S/C21H20ClN7O2.C19H15ClF3N7O.C18H15ClF3N7O.C17H13ClF3N7O/c22-16-13-4-1-10(21(30)26-11-2-3-11)7-14(13)27-18(16)17-15-19(23)24-9-25-20(15)29(28-17)12-5-6-31-8-12;20-13-10-4-1-8(18(31)27-9-2-3-9)5-11(10)28-15(13)14-12-16(24)25-7-26-17(12)30(29-14)6-19(21,22)23;1-2-24-17(30)8-3-4-9-10(5-8)27-14(12(9)19)13-11-15(23)25-7-26-16(11)29(28-13)6-18(20,21)22;1-23-16(29)7-2-3-8-9(4-7)26-13(11(8)18)12-10-14(22)24-6-25-15(10)28(27-12)5-17(19,20)21/h1,4,7,9,11-12,27H,2-3,5-6,8H2,(H,26,30)(H2,23,24,25);1,4-5,7,9,28H,2-3,6H2,(H,27,31)(H2,24,25,26);3-5,7,27H,2,6H2,1H3,(H,24,30)(H2,23,25,26);2-4,6,26H,5H2,1H3,(H,23,29)(H2,22,24,25). The highest BCUT2D eigenvalue weighted by molar-refractivity contribution is 6.41. The van der Waals surface area contributed by atoms with Crippen molar-refractivity contribution in [2.45, 2.75) is 95.3 Å². The maximum atomic E-state index is 13.0. The number of aromatic amines is 4. The number of alkyl halides is 9. The number of H-pyrrole nitrogens is 4. The highest BCUT2D eigenvalue weighted by atomic mass is 35.5. The molecule has 1 atom stereocenters. The SMILES string of the molecule is CCNC(=O)c1ccc2c(Cl)c(-c3nn(CC(F)(F)F)c4ncnc(N)c34)[nH]c2c1.CNC(=O)c1ccc2c(Cl)c(-c3nn(CC(F)(F)F)c4ncnc(N)c34)[nH]c2c1.Nc1ncnc2c1c(-c1[nH]c3cc(C(=O)NC4CC4)ccc3c1Cl)nn2C1CCOC1.Nc1ncnc2c1c(-c1[nH]c3cc(C(=O)NC4CC4)ccc3c1Cl)nn2CC(F)(F)F. The van der Waals surface area contributed by atoms with Crippen molar-refractivity contribution in [3.05, 3.63) is 140 Å². The number of anilines is 4. The summed E-state index contributed by atoms with van der Waals surface area (Å²) in [6.45, 7) is -0.522. The lowest BCUT2D eigenvalue weighted by Gasteiger charge is -2.08. The molecule has 121 heavy (non-hydrogen) atoms. The molecule has 33 nitrogen and oxygen atoms in total. The molecule has 1 aliphatic heterocycles. The number of carbonyl (C=O) groups is 4. The lowest BCUT2D eigenvalue weighted by Crippen LogP contribution is -2.25. The number of hydrogen-bond acceptors (Lipinski definition) is 21. The van der Waals surface area contributed by atoms with E-state index in [2.05, 4.69) is 96.4 Å². The van der Waals surface area contributed by atoms with E-state index in [9.17, 15) is 58.7 Å². The zero-order chi connectivity index (χ0) is 85.6. The summed E-state index contributed by atoms with van der Waals surface area (Å²) >= 11 is 26.2. The summed E-state index contributed by atoms with van der Waals surface area (Å²) < 4.78 is 127. The van der Waals surface area contributed by atoms with Gasteiger partial charge in [-0.15, -0.1) is 0 Å². The molecule has 46 heteroatoms. The molecule has 2 aliphatic carbocycles. The van der Waals surface area contributed by atoms with Crippen LogP contribution in [0.3, 0.4) is 0 Å². The molecular formula is C75H63Cl4F9N28O5. The lowest BCUT2D eigenvalue weighted by atomic mass is 10.1. The van der Waals surface area contributed by atoms with Gasteiger partial charge < -0.3 is 68.9 Å². The van der Waals surface area contributed by atoms with Gasteiger partial charge in [0, 0.05) is 98.1 Å². The van der Waals surface area contributed by atoms with Gasteiger partial charge >= 0.3 is 18.5 Å². The van der Waals surface area contributed by atoms with Gasteiger partial charge in [0.25, 0.3) is 23.6 Å². The minimum absolute atomic E-state index is 0.0207. The number of ether oxygens (including phenoxy) is 1. The average Bonchev–Trinajstić information content (AvgIpc) is 1.60. The molecule has 0 bridgehead atoms. The summed E-state index contributed by atoms with van der Waals surface area (Å²) in [4.78, 5) is 93.1. The van der Waals surface area contributed by atoms with Crippen molar-refractivity contribution in [3.63, 3.8) is 0 Å². The molecule has 0 radical (unpaired) electrons. The average molecular weight is 1750 g/mol. The lowest BCUT2D eigenvalue weighted by molar-refractivity contribution is -0.142. The van der Waals surface area contributed by atoms with E-state index >= 15 is 0 Å². The van der Waals surface area contributed by atoms with Crippen LogP contribution in [0.15, 0.2) is 98.1 Å². The molecule has 19 rings (SSSR count). The Balaban J connectivity index is 0.000000120. The normalized spacial score (nSPS) is 14.4. The van der Waals surface area contributed by atoms with Crippen molar-refractivity contribution in [1.29, 1.82) is 0 Å². The highest BCUT2D eigenvalue weighted by Crippen LogP contribution is 2.45. The summed E-state index contributed by atoms with van der Waals surface area (Å²) in [7, 11) is 1.50. The zero-order valence-corrected chi connectivity index (χ0v) is 65.7. The second kappa shape index (κ2) is 31.8. The fourth-order valence-electron chi connectivity index (χ4n) is 13.9. The van der Waals surface area contributed by atoms with Crippen LogP contribution in [0.5, 0.6) is 0 Å². The number of carbonyl (C=O) groups excluding carboxylic acids is 4. The smallest absolute Gasteiger partial charge is 0.383 e. The van der Waals surface area contributed by atoms with E-state index in [0.29, 0.717) is 123 Å². The Kier molecular flexibility index (Phi) is 21.5. The van der Waals surface area contributed by atoms with Crippen molar-refractivity contribution >= 4 is 181 Å². The minimum atomic E-state index is -4.51. The molecule has 16 N–H and O–H groups in total. The summed E-state index contributed by atoms with van der Waals surface area (Å²) in [6.07, 6.45) is -4.03. The maximum absolute atomic E-state index is 13.0. The number of amides is 4. The molecule has 0 spiro atoms. The quantitative estimate of drug-likeness (QED) is 0.0424. The van der Waals surface area contributed by atoms with Gasteiger partial charge in [0.05, 0.1) is 77.1 Å². The van der Waals surface area contributed by atoms with Crippen LogP contribution in [0.25, 0.3) is 133 Å². The molecule has 3 aliphatic rings. The van der Waals surface area contributed by atoms with Crippen LogP contribution < -0.4 is 44.2 Å². The fourth-order valence-corrected chi connectivity index (χ4v) is 15.1. The topological polar surface area (TPSA) is 467 Å². The molecule has 624 valence electrons. The van der Waals surface area contributed by atoms with E-state index in [1.54, 1.807) is 67.6 Å². The first kappa shape index (κ1) is 81.5. The fraction of sp³-hybridized carbons (Fsp3) is 0.253. The van der Waals surface area contributed by atoms with Crippen molar-refractivity contribution < 1.29 is 63.4 Å². The Labute approximate surface area is 692 Å². The van der Waals surface area contributed by atoms with E-state index in [-0.39, 0.29) is 135 Å². The van der Waals surface area contributed by atoms with Crippen LogP contribution in [0.4, 0.5) is 62.8 Å². The predicted octanol–water partition coefficient (Wildman–Crippen LogP) is 13.4. The number of nitrogens with one attached hydrogen (secondary N) is 8. The molecule has 4 aromatic carbocycles. The van der Waals surface area contributed by atoms with Crippen LogP contribution in [-0.2, 0) is 24.4 Å². The Morgan fingerprint density at radius 2 is 0.744 bits per heavy atom. The molecule has 13 heterocycles. The molecule has 2 saturated carbocycles. The van der Waals surface area contributed by atoms with Crippen molar-refractivity contribution in [2.75, 3.05) is 49.7 Å². The van der Waals surface area contributed by atoms with Gasteiger partial charge in [-0.1, -0.05) is 70.7 Å². The van der Waals surface area contributed by atoms with Gasteiger partial charge in [0.1, 0.15) is 91.0 Å². The summed E-state index contributed by atoms with van der Waals surface area (Å²) in [5.74, 6) is -0.571. The number of nitrogen functional groups attached to an aromatic ring is 4. The number of nitrogens with zero attached hydrogens (tertiary/aromatic N) is 16. The first-order valence-electron chi connectivity index (χ1n) is 36.8. The van der Waals surface area contributed by atoms with Gasteiger partial charge in [-0.05, 0) is 87.6 Å². The zero-order valence-electron chi connectivity index (χ0n) is 62.7. The van der Waals surface area contributed by atoms with Gasteiger partial charge in [0.2, 0.25) is 0 Å². The van der Waals surface area contributed by atoms with Crippen molar-refractivity contribution in [1.82, 2.24) is 120 Å². The van der Waals surface area contributed by atoms with Gasteiger partial charge in [0.15, 0.2) is 22.6 Å². The van der Waals surface area contributed by atoms with E-state index < -0.39 is 38.2 Å². The van der Waals surface area contributed by atoms with Crippen LogP contribution in [0, 0.1) is 0 Å². The van der Waals surface area contributed by atoms with Crippen LogP contribution in [-0.4, -0.2) is 180 Å². The Morgan fingerprint density at radius 1 is 0.438 bits per heavy atom. The second-order valence-corrected chi connectivity index (χ2v) is 29.7. The monoisotopic (exact) mass is 1750 g/mol. The summed E-state index contributed by atoms with van der Waals surface area (Å²) in [5, 5.41) is 33.0. The third-order valence-corrected chi connectivity index (χ3v) is 21.3. The second-order valence-electron chi connectivity index (χ2n) is 28.2. The van der Waals surface area contributed by atoms with Crippen LogP contribution >= 0.6 is 46.4 Å². The third kappa shape index (κ3) is 16.4. The number of benzene rings is 4. The first-order valence-corrected chi connectivity index (χ1v) is 38.3. The van der Waals surface area contributed by atoms with Gasteiger partial charge in [-0.2, -0.15) is 59.9 Å². The summed E-state index contributed by atoms with van der Waals surface area (Å²) in [6, 6.07) is 20.6. The maximum Gasteiger partial charge on any atom is 0.408 e. The minimum Gasteiger partial charge on any atom is -0.383 e. The number of hydrogen-bond donors (Lipinski definition) is 12. The van der Waals surface area contributed by atoms with Crippen molar-refractivity contribution in [3.8, 4) is 45.6 Å². The van der Waals surface area contributed by atoms with Gasteiger partial charge in [-0.25, -0.2) is 58.6 Å². The first-order chi connectivity index (χ1) is 57.7. The van der Waals surface area contributed by atoms with E-state index in [1.165, 1.54) is 13.4 Å². The number of aromatic nitrogens is 20. The number of fused-ring (bicyclic) bond motifs is 8. The molecular weight excluding hydrogens is 1690 g/mol. The van der Waals surface area contributed by atoms with E-state index in [1.807, 2.05) is 16.8 Å².